The smallest absolute Gasteiger partial charge is 0.0448 e. The number of benzene rings is 2. The maximum atomic E-state index is 2.30. The molecule has 0 spiro atoms. The summed E-state index contributed by atoms with van der Waals surface area (Å²) in [5, 5.41) is 6.08. The van der Waals surface area contributed by atoms with Gasteiger partial charge in [-0.2, -0.15) is 0 Å². The maximum Gasteiger partial charge on any atom is 0.0448 e. The van der Waals surface area contributed by atoms with Gasteiger partial charge in [0.25, 0.3) is 0 Å². The molecule has 3 heterocycles. The van der Waals surface area contributed by atoms with Crippen LogP contribution >= 0.6 is 34.0 Å². The van der Waals surface area contributed by atoms with Crippen LogP contribution in [0.1, 0.15) is 9.75 Å². The monoisotopic (exact) mass is 374 g/mol. The Hall–Kier alpha value is -2.20. The van der Waals surface area contributed by atoms with Crippen molar-refractivity contribution in [2.45, 2.75) is 0 Å². The lowest BCUT2D eigenvalue weighted by atomic mass is 10.1. The van der Waals surface area contributed by atoms with E-state index in [2.05, 4.69) is 84.3 Å². The topological polar surface area (TPSA) is 0 Å². The molecule has 0 amide bonds. The van der Waals surface area contributed by atoms with E-state index in [1.54, 1.807) is 11.3 Å². The molecule has 3 heteroatoms. The van der Waals surface area contributed by atoms with Gasteiger partial charge in [-0.15, -0.1) is 34.0 Å². The van der Waals surface area contributed by atoms with Gasteiger partial charge in [0.2, 0.25) is 0 Å². The molecular weight excluding hydrogens is 360 g/mol. The summed E-state index contributed by atoms with van der Waals surface area (Å²) in [6.45, 7) is 0. The van der Waals surface area contributed by atoms with Crippen molar-refractivity contribution in [3.8, 4) is 9.75 Å². The predicted molar refractivity (Wildman–Crippen MR) is 116 cm³/mol. The molecule has 0 radical (unpaired) electrons. The first-order valence-corrected chi connectivity index (χ1v) is 10.6. The van der Waals surface area contributed by atoms with E-state index < -0.39 is 0 Å². The summed E-state index contributed by atoms with van der Waals surface area (Å²) >= 11 is 5.50. The van der Waals surface area contributed by atoms with Crippen LogP contribution in [-0.2, 0) is 0 Å². The lowest BCUT2D eigenvalue weighted by molar-refractivity contribution is 1.81. The SMILES string of the molecule is C(=C\c1cc2cc3ccccc3cc2s1)/c1ccc(-c2cccs2)s1. The fraction of sp³-hybridized carbons (Fsp3) is 0. The van der Waals surface area contributed by atoms with Crippen molar-refractivity contribution in [3.05, 3.63) is 81.9 Å². The average Bonchev–Trinajstić information content (AvgIpc) is 3.37. The van der Waals surface area contributed by atoms with E-state index in [1.807, 2.05) is 22.7 Å². The molecule has 0 bridgehead atoms. The van der Waals surface area contributed by atoms with Crippen LogP contribution in [0, 0.1) is 0 Å². The molecule has 120 valence electrons. The quantitative estimate of drug-likeness (QED) is 0.300. The third kappa shape index (κ3) is 2.95. The minimum absolute atomic E-state index is 1.30. The van der Waals surface area contributed by atoms with Crippen LogP contribution in [0.3, 0.4) is 0 Å². The number of thiophene rings is 3. The van der Waals surface area contributed by atoms with Crippen LogP contribution in [0.5, 0.6) is 0 Å². The largest absolute Gasteiger partial charge is 0.143 e. The highest BCUT2D eigenvalue weighted by molar-refractivity contribution is 7.22. The van der Waals surface area contributed by atoms with Crippen LogP contribution in [0.2, 0.25) is 0 Å². The number of rotatable bonds is 3. The lowest BCUT2D eigenvalue weighted by Crippen LogP contribution is -1.70. The molecule has 0 N–H and O–H groups in total. The number of hydrogen-bond acceptors (Lipinski definition) is 3. The highest BCUT2D eigenvalue weighted by Gasteiger charge is 2.04. The van der Waals surface area contributed by atoms with E-state index in [1.165, 1.54) is 40.4 Å². The Bertz CT molecular complexity index is 1130. The van der Waals surface area contributed by atoms with Crippen molar-refractivity contribution >= 4 is 67.0 Å². The van der Waals surface area contributed by atoms with E-state index in [0.717, 1.165) is 0 Å². The fourth-order valence-electron chi connectivity index (χ4n) is 2.99. The average molecular weight is 375 g/mol. The molecule has 3 aromatic heterocycles. The molecular formula is C22H14S3. The van der Waals surface area contributed by atoms with Crippen molar-refractivity contribution in [1.82, 2.24) is 0 Å². The second kappa shape index (κ2) is 6.26. The van der Waals surface area contributed by atoms with Crippen LogP contribution < -0.4 is 0 Å². The highest BCUT2D eigenvalue weighted by Crippen LogP contribution is 2.34. The van der Waals surface area contributed by atoms with Gasteiger partial charge in [0.05, 0.1) is 0 Å². The molecule has 0 saturated heterocycles. The van der Waals surface area contributed by atoms with Crippen molar-refractivity contribution < 1.29 is 0 Å². The molecule has 0 aliphatic rings. The molecule has 0 saturated carbocycles. The van der Waals surface area contributed by atoms with E-state index in [0.29, 0.717) is 0 Å². The second-order valence-electron chi connectivity index (χ2n) is 5.90. The Morgan fingerprint density at radius 3 is 2.28 bits per heavy atom. The van der Waals surface area contributed by atoms with E-state index in [-0.39, 0.29) is 0 Å². The number of fused-ring (bicyclic) bond motifs is 2. The van der Waals surface area contributed by atoms with Crippen molar-refractivity contribution in [2.24, 2.45) is 0 Å². The molecule has 5 rings (SSSR count). The second-order valence-corrected chi connectivity index (χ2v) is 9.08. The van der Waals surface area contributed by atoms with Gasteiger partial charge in [0.15, 0.2) is 0 Å². The van der Waals surface area contributed by atoms with Crippen molar-refractivity contribution in [3.63, 3.8) is 0 Å². The van der Waals surface area contributed by atoms with Crippen molar-refractivity contribution in [1.29, 1.82) is 0 Å². The Balaban J connectivity index is 1.47. The first kappa shape index (κ1) is 15.1. The lowest BCUT2D eigenvalue weighted by Gasteiger charge is -1.96. The summed E-state index contributed by atoms with van der Waals surface area (Å²) < 4.78 is 1.35. The van der Waals surface area contributed by atoms with Gasteiger partial charge in [0, 0.05) is 24.2 Å². The van der Waals surface area contributed by atoms with Gasteiger partial charge in [-0.3, -0.25) is 0 Å². The summed E-state index contributed by atoms with van der Waals surface area (Å²) in [5.74, 6) is 0. The molecule has 5 aromatic rings. The first-order valence-electron chi connectivity index (χ1n) is 8.09. The zero-order valence-electron chi connectivity index (χ0n) is 13.3. The highest BCUT2D eigenvalue weighted by atomic mass is 32.1. The maximum absolute atomic E-state index is 2.30. The van der Waals surface area contributed by atoms with Gasteiger partial charge < -0.3 is 0 Å². The van der Waals surface area contributed by atoms with Crippen LogP contribution in [0.4, 0.5) is 0 Å². The molecule has 0 unspecified atom stereocenters. The minimum atomic E-state index is 1.30. The normalized spacial score (nSPS) is 11.8. The van der Waals surface area contributed by atoms with Gasteiger partial charge >= 0.3 is 0 Å². The molecule has 0 aliphatic heterocycles. The third-order valence-corrected chi connectivity index (χ3v) is 7.39. The molecule has 0 aliphatic carbocycles. The summed E-state index contributed by atoms with van der Waals surface area (Å²) in [5.41, 5.74) is 0. The summed E-state index contributed by atoms with van der Waals surface area (Å²) in [6.07, 6.45) is 4.46. The van der Waals surface area contributed by atoms with Gasteiger partial charge in [-0.1, -0.05) is 30.3 Å². The Labute approximate surface area is 158 Å². The summed E-state index contributed by atoms with van der Waals surface area (Å²) in [6, 6.07) is 24.2. The van der Waals surface area contributed by atoms with Crippen molar-refractivity contribution in [2.75, 3.05) is 0 Å². The standard InChI is InChI=1S/C22H14S3/c1-2-5-16-14-22-17(12-15(16)4-1)13-19(25-22)8-7-18-9-10-21(24-18)20-6-3-11-23-20/h1-14H/b8-7+. The van der Waals surface area contributed by atoms with Gasteiger partial charge in [-0.05, 0) is 70.1 Å². The first-order chi connectivity index (χ1) is 12.3. The number of hydrogen-bond donors (Lipinski definition) is 0. The predicted octanol–water partition coefficient (Wildman–Crippen LogP) is 8.01. The molecule has 0 nitrogen and oxygen atoms in total. The Kier molecular flexibility index (Phi) is 3.78. The van der Waals surface area contributed by atoms with Crippen LogP contribution in [0.25, 0.3) is 42.8 Å². The fourth-order valence-corrected chi connectivity index (χ4v) is 5.73. The van der Waals surface area contributed by atoms with Crippen LogP contribution in [-0.4, -0.2) is 0 Å². The molecule has 25 heavy (non-hydrogen) atoms. The van der Waals surface area contributed by atoms with E-state index in [4.69, 9.17) is 0 Å². The minimum Gasteiger partial charge on any atom is -0.143 e. The molecule has 2 aromatic carbocycles. The summed E-state index contributed by atoms with van der Waals surface area (Å²) in [4.78, 5) is 5.29. The van der Waals surface area contributed by atoms with Crippen LogP contribution in [0.15, 0.2) is 72.1 Å². The molecule has 0 fully saturated rings. The van der Waals surface area contributed by atoms with E-state index >= 15 is 0 Å². The zero-order chi connectivity index (χ0) is 16.6. The Morgan fingerprint density at radius 2 is 1.44 bits per heavy atom. The third-order valence-electron chi connectivity index (χ3n) is 4.21. The Morgan fingerprint density at radius 1 is 0.600 bits per heavy atom. The molecule has 0 atom stereocenters. The van der Waals surface area contributed by atoms with Gasteiger partial charge in [0.1, 0.15) is 0 Å². The summed E-state index contributed by atoms with van der Waals surface area (Å²) in [7, 11) is 0. The van der Waals surface area contributed by atoms with E-state index in [9.17, 15) is 0 Å². The van der Waals surface area contributed by atoms with Gasteiger partial charge in [-0.25, -0.2) is 0 Å². The zero-order valence-corrected chi connectivity index (χ0v) is 15.8.